The number of anilines is 2. The second-order valence-electron chi connectivity index (χ2n) is 4.91. The van der Waals surface area contributed by atoms with Crippen molar-refractivity contribution < 1.29 is 5.11 Å². The Kier molecular flexibility index (Phi) is 3.95. The van der Waals surface area contributed by atoms with E-state index in [1.165, 1.54) is 0 Å². The van der Waals surface area contributed by atoms with E-state index < -0.39 is 0 Å². The highest BCUT2D eigenvalue weighted by molar-refractivity contribution is 5.58. The first-order valence-electron chi connectivity index (χ1n) is 6.39. The number of phenols is 1. The van der Waals surface area contributed by atoms with Crippen molar-refractivity contribution in [2.24, 2.45) is 0 Å². The third kappa shape index (κ3) is 3.41. The molecule has 0 aromatic heterocycles. The minimum atomic E-state index is 0.143. The van der Waals surface area contributed by atoms with Crippen LogP contribution < -0.4 is 10.2 Å². The summed E-state index contributed by atoms with van der Waals surface area (Å²) in [4.78, 5) is 2.07. The maximum atomic E-state index is 9.51. The summed E-state index contributed by atoms with van der Waals surface area (Å²) in [6, 6.07) is 15.7. The maximum Gasteiger partial charge on any atom is 0.115 e. The molecular weight excluding hydrogens is 236 g/mol. The van der Waals surface area contributed by atoms with Crippen molar-refractivity contribution in [3.05, 3.63) is 54.1 Å². The fraction of sp³-hybridized carbons (Fsp3) is 0.250. The van der Waals surface area contributed by atoms with Crippen molar-refractivity contribution in [2.45, 2.75) is 13.0 Å². The lowest BCUT2D eigenvalue weighted by Crippen LogP contribution is -2.10. The van der Waals surface area contributed by atoms with Gasteiger partial charge in [0.25, 0.3) is 0 Å². The molecule has 1 atom stereocenters. The van der Waals surface area contributed by atoms with Crippen LogP contribution in [0.3, 0.4) is 0 Å². The summed E-state index contributed by atoms with van der Waals surface area (Å²) in [5.74, 6) is 0.299. The number of hydrogen-bond acceptors (Lipinski definition) is 3. The predicted octanol–water partition coefficient (Wildman–Crippen LogP) is 3.63. The molecule has 0 amide bonds. The molecule has 100 valence electrons. The van der Waals surface area contributed by atoms with E-state index in [0.29, 0.717) is 5.75 Å². The van der Waals surface area contributed by atoms with Crippen LogP contribution in [0.2, 0.25) is 0 Å². The summed E-state index contributed by atoms with van der Waals surface area (Å²) in [6.07, 6.45) is 0. The molecule has 2 aromatic carbocycles. The van der Waals surface area contributed by atoms with Gasteiger partial charge in [-0.2, -0.15) is 0 Å². The summed E-state index contributed by atoms with van der Waals surface area (Å²) in [6.45, 7) is 2.08. The van der Waals surface area contributed by atoms with Gasteiger partial charge in [-0.25, -0.2) is 0 Å². The summed E-state index contributed by atoms with van der Waals surface area (Å²) in [5.41, 5.74) is 3.30. The number of benzene rings is 2. The fourth-order valence-electron chi connectivity index (χ4n) is 2.00. The average molecular weight is 256 g/mol. The number of nitrogens with one attached hydrogen (secondary N) is 1. The fourth-order valence-corrected chi connectivity index (χ4v) is 2.00. The minimum absolute atomic E-state index is 0.143. The Morgan fingerprint density at radius 2 is 1.79 bits per heavy atom. The van der Waals surface area contributed by atoms with Crippen LogP contribution in [-0.4, -0.2) is 19.2 Å². The topological polar surface area (TPSA) is 35.5 Å². The van der Waals surface area contributed by atoms with Crippen LogP contribution in [-0.2, 0) is 0 Å². The minimum Gasteiger partial charge on any atom is -0.508 e. The Morgan fingerprint density at radius 3 is 2.47 bits per heavy atom. The highest BCUT2D eigenvalue weighted by Gasteiger charge is 2.06. The first kappa shape index (κ1) is 13.3. The van der Waals surface area contributed by atoms with Crippen LogP contribution in [0, 0.1) is 0 Å². The van der Waals surface area contributed by atoms with E-state index in [0.717, 1.165) is 16.9 Å². The molecule has 2 rings (SSSR count). The molecule has 0 fully saturated rings. The van der Waals surface area contributed by atoms with Gasteiger partial charge >= 0.3 is 0 Å². The Morgan fingerprint density at radius 1 is 1.05 bits per heavy atom. The van der Waals surface area contributed by atoms with Gasteiger partial charge in [0.1, 0.15) is 5.75 Å². The molecule has 3 nitrogen and oxygen atoms in total. The normalized spacial score (nSPS) is 11.9. The Hall–Kier alpha value is -2.16. The van der Waals surface area contributed by atoms with E-state index in [-0.39, 0.29) is 6.04 Å². The number of phenolic OH excluding ortho intramolecular Hbond substituents is 1. The number of rotatable bonds is 4. The van der Waals surface area contributed by atoms with Crippen LogP contribution in [0.5, 0.6) is 5.75 Å². The largest absolute Gasteiger partial charge is 0.508 e. The highest BCUT2D eigenvalue weighted by Crippen LogP contribution is 2.24. The maximum absolute atomic E-state index is 9.51. The zero-order valence-corrected chi connectivity index (χ0v) is 11.6. The van der Waals surface area contributed by atoms with E-state index in [1.807, 2.05) is 38.4 Å². The molecule has 2 N–H and O–H groups in total. The number of nitrogens with zero attached hydrogens (tertiary/aromatic N) is 1. The molecule has 0 saturated carbocycles. The summed E-state index contributed by atoms with van der Waals surface area (Å²) < 4.78 is 0. The van der Waals surface area contributed by atoms with Crippen molar-refractivity contribution >= 4 is 11.4 Å². The molecule has 3 heteroatoms. The highest BCUT2D eigenvalue weighted by atomic mass is 16.3. The molecular formula is C16H20N2O. The predicted molar refractivity (Wildman–Crippen MR) is 80.9 cm³/mol. The third-order valence-corrected chi connectivity index (χ3v) is 3.12. The first-order chi connectivity index (χ1) is 9.06. The van der Waals surface area contributed by atoms with Crippen molar-refractivity contribution in [2.75, 3.05) is 24.3 Å². The second-order valence-corrected chi connectivity index (χ2v) is 4.91. The van der Waals surface area contributed by atoms with Crippen LogP contribution >= 0.6 is 0 Å². The number of aromatic hydroxyl groups is 1. The van der Waals surface area contributed by atoms with Gasteiger partial charge in [-0.1, -0.05) is 18.2 Å². The Balaban J connectivity index is 2.14. The van der Waals surface area contributed by atoms with Crippen molar-refractivity contribution in [3.63, 3.8) is 0 Å². The molecule has 0 spiro atoms. The van der Waals surface area contributed by atoms with Crippen LogP contribution in [0.4, 0.5) is 11.4 Å². The van der Waals surface area contributed by atoms with Crippen LogP contribution in [0.25, 0.3) is 0 Å². The quantitative estimate of drug-likeness (QED) is 0.876. The lowest BCUT2D eigenvalue weighted by Gasteiger charge is -2.18. The van der Waals surface area contributed by atoms with E-state index in [2.05, 4.69) is 29.3 Å². The van der Waals surface area contributed by atoms with Gasteiger partial charge in [-0.3, -0.25) is 0 Å². The molecule has 0 aliphatic rings. The van der Waals surface area contributed by atoms with Crippen LogP contribution in [0.1, 0.15) is 18.5 Å². The van der Waals surface area contributed by atoms with E-state index >= 15 is 0 Å². The van der Waals surface area contributed by atoms with Gasteiger partial charge in [0.05, 0.1) is 0 Å². The summed E-state index contributed by atoms with van der Waals surface area (Å²) >= 11 is 0. The summed E-state index contributed by atoms with van der Waals surface area (Å²) in [7, 11) is 4.05. The SMILES string of the molecule is CC(Nc1cccc(N(C)C)c1)c1cccc(O)c1. The zero-order valence-electron chi connectivity index (χ0n) is 11.6. The first-order valence-corrected chi connectivity index (χ1v) is 6.39. The number of hydrogen-bond donors (Lipinski definition) is 2. The standard InChI is InChI=1S/C16H20N2O/c1-12(13-6-4-9-16(19)10-13)17-14-7-5-8-15(11-14)18(2)3/h4-12,17,19H,1-3H3. The lowest BCUT2D eigenvalue weighted by molar-refractivity contribution is 0.474. The Labute approximate surface area is 114 Å². The molecule has 0 aliphatic carbocycles. The van der Waals surface area contributed by atoms with Crippen molar-refractivity contribution in [1.29, 1.82) is 0 Å². The van der Waals surface area contributed by atoms with Gasteiger partial charge in [0, 0.05) is 31.5 Å². The molecule has 19 heavy (non-hydrogen) atoms. The third-order valence-electron chi connectivity index (χ3n) is 3.12. The lowest BCUT2D eigenvalue weighted by atomic mass is 10.1. The molecule has 0 heterocycles. The molecule has 1 unspecified atom stereocenters. The molecule has 0 radical (unpaired) electrons. The molecule has 0 saturated heterocycles. The van der Waals surface area contributed by atoms with Crippen molar-refractivity contribution in [1.82, 2.24) is 0 Å². The van der Waals surface area contributed by atoms with Gasteiger partial charge < -0.3 is 15.3 Å². The zero-order chi connectivity index (χ0) is 13.8. The molecule has 2 aromatic rings. The second kappa shape index (κ2) is 5.65. The van der Waals surface area contributed by atoms with E-state index in [9.17, 15) is 5.11 Å². The van der Waals surface area contributed by atoms with Crippen molar-refractivity contribution in [3.8, 4) is 5.75 Å². The van der Waals surface area contributed by atoms with Gasteiger partial charge in [-0.05, 0) is 42.8 Å². The van der Waals surface area contributed by atoms with Gasteiger partial charge in [0.15, 0.2) is 0 Å². The molecule has 0 aliphatic heterocycles. The van der Waals surface area contributed by atoms with E-state index in [4.69, 9.17) is 0 Å². The smallest absolute Gasteiger partial charge is 0.115 e. The van der Waals surface area contributed by atoms with Gasteiger partial charge in [0.2, 0.25) is 0 Å². The van der Waals surface area contributed by atoms with Crippen LogP contribution in [0.15, 0.2) is 48.5 Å². The molecule has 0 bridgehead atoms. The monoisotopic (exact) mass is 256 g/mol. The summed E-state index contributed by atoms with van der Waals surface area (Å²) in [5, 5.41) is 13.0. The van der Waals surface area contributed by atoms with E-state index in [1.54, 1.807) is 12.1 Å². The Bertz CT molecular complexity index is 552. The average Bonchev–Trinajstić information content (AvgIpc) is 2.39. The van der Waals surface area contributed by atoms with Gasteiger partial charge in [-0.15, -0.1) is 0 Å².